The maximum atomic E-state index is 11.1. The van der Waals surface area contributed by atoms with Crippen molar-refractivity contribution in [3.63, 3.8) is 0 Å². The third-order valence-electron chi connectivity index (χ3n) is 6.65. The minimum Gasteiger partial charge on any atom is -0.507 e. The van der Waals surface area contributed by atoms with Crippen LogP contribution in [0.2, 0.25) is 0 Å². The molecule has 8 heteroatoms. The van der Waals surface area contributed by atoms with Crippen molar-refractivity contribution in [1.82, 2.24) is 5.32 Å². The molecule has 4 aromatic carbocycles. The molecule has 4 rings (SSSR count). The molecule has 0 bridgehead atoms. The summed E-state index contributed by atoms with van der Waals surface area (Å²) >= 11 is 0. The van der Waals surface area contributed by atoms with E-state index in [1.165, 1.54) is 0 Å². The van der Waals surface area contributed by atoms with Gasteiger partial charge in [-0.3, -0.25) is 9.59 Å². The maximum Gasteiger partial charge on any atom is 0.217 e. The normalized spacial score (nSPS) is 11.3. The second-order valence-corrected chi connectivity index (χ2v) is 10.9. The lowest BCUT2D eigenvalue weighted by Gasteiger charge is -2.20. The fraction of sp³-hybridized carbons (Fsp3) is 0.312. The second-order valence-electron chi connectivity index (χ2n) is 10.9. The molecule has 0 aliphatic rings. The van der Waals surface area contributed by atoms with Gasteiger partial charge in [0.2, 0.25) is 11.8 Å². The molecule has 0 atom stereocenters. The van der Waals surface area contributed by atoms with Crippen LogP contribution in [0, 0.1) is 6.92 Å². The summed E-state index contributed by atoms with van der Waals surface area (Å²) in [5, 5.41) is 27.3. The summed E-state index contributed by atoms with van der Waals surface area (Å²) in [5.41, 5.74) is 19.8. The monoisotopic (exact) mass is 544 g/mol. The zero-order valence-corrected chi connectivity index (χ0v) is 23.5. The highest BCUT2D eigenvalue weighted by atomic mass is 16.3. The Hall–Kier alpha value is -4.14. The molecular formula is C32H40N4O4. The first-order chi connectivity index (χ1) is 18.9. The fourth-order valence-electron chi connectivity index (χ4n) is 4.67. The van der Waals surface area contributed by atoms with Crippen LogP contribution in [0.5, 0.6) is 11.5 Å². The third kappa shape index (κ3) is 8.18. The number of aryl methyl sites for hydroxylation is 3. The third-order valence-corrected chi connectivity index (χ3v) is 6.65. The lowest BCUT2D eigenvalue weighted by atomic mass is 9.96. The summed E-state index contributed by atoms with van der Waals surface area (Å²) in [6, 6.07) is 19.1. The highest BCUT2D eigenvalue weighted by molar-refractivity contribution is 5.93. The van der Waals surface area contributed by atoms with E-state index in [0.29, 0.717) is 38.1 Å². The predicted octanol–water partition coefficient (Wildman–Crippen LogP) is 4.06. The summed E-state index contributed by atoms with van der Waals surface area (Å²) in [4.78, 5) is 21.9. The number of phenols is 2. The smallest absolute Gasteiger partial charge is 0.217 e. The number of hydrogen-bond acceptors (Lipinski definition) is 6. The van der Waals surface area contributed by atoms with Crippen LogP contribution in [0.15, 0.2) is 60.7 Å². The van der Waals surface area contributed by atoms with Gasteiger partial charge in [-0.25, -0.2) is 0 Å². The summed E-state index contributed by atoms with van der Waals surface area (Å²) in [6.07, 6.45) is 1.79. The van der Waals surface area contributed by atoms with Crippen LogP contribution < -0.4 is 22.5 Å². The van der Waals surface area contributed by atoms with Gasteiger partial charge >= 0.3 is 0 Å². The molecule has 0 unspecified atom stereocenters. The molecule has 4 aromatic rings. The number of phenolic OH excluding ortho intramolecular Hbond substituents is 2. The first-order valence-electron chi connectivity index (χ1n) is 13.4. The van der Waals surface area contributed by atoms with E-state index in [4.69, 9.17) is 17.2 Å². The molecule has 40 heavy (non-hydrogen) atoms. The van der Waals surface area contributed by atoms with Crippen LogP contribution in [-0.4, -0.2) is 34.1 Å². The van der Waals surface area contributed by atoms with E-state index in [2.05, 4.69) is 5.32 Å². The molecular weight excluding hydrogens is 504 g/mol. The van der Waals surface area contributed by atoms with Crippen molar-refractivity contribution in [2.24, 2.45) is 17.2 Å². The zero-order chi connectivity index (χ0) is 29.4. The highest BCUT2D eigenvalue weighted by Gasteiger charge is 2.14. The van der Waals surface area contributed by atoms with E-state index in [0.717, 1.165) is 43.8 Å². The Morgan fingerprint density at radius 2 is 1.20 bits per heavy atom. The van der Waals surface area contributed by atoms with E-state index in [-0.39, 0.29) is 29.5 Å². The number of amides is 2. The Kier molecular flexibility index (Phi) is 10.1. The zero-order valence-electron chi connectivity index (χ0n) is 23.5. The van der Waals surface area contributed by atoms with E-state index in [1.807, 2.05) is 81.4 Å². The Morgan fingerprint density at radius 3 is 1.68 bits per heavy atom. The molecule has 0 fully saturated rings. The summed E-state index contributed by atoms with van der Waals surface area (Å²) in [5.74, 6) is -0.0549. The van der Waals surface area contributed by atoms with Crippen LogP contribution in [0.3, 0.4) is 0 Å². The van der Waals surface area contributed by atoms with Crippen LogP contribution in [-0.2, 0) is 29.0 Å². The number of hydrogen-bond donors (Lipinski definition) is 6. The number of primary amides is 2. The number of nitrogens with two attached hydrogens (primary N) is 3. The Bertz CT molecular complexity index is 1510. The van der Waals surface area contributed by atoms with Crippen molar-refractivity contribution in [1.29, 1.82) is 0 Å². The molecule has 0 aliphatic heterocycles. The molecule has 2 amide bonds. The number of carbonyl (C=O) groups is 2. The van der Waals surface area contributed by atoms with Crippen molar-refractivity contribution in [3.05, 3.63) is 82.9 Å². The second kappa shape index (κ2) is 13.3. The molecule has 0 radical (unpaired) electrons. The minimum atomic E-state index is -0.327. The number of carbonyl (C=O) groups excluding carboxylic acids is 2. The van der Waals surface area contributed by atoms with Gasteiger partial charge in [-0.1, -0.05) is 60.7 Å². The average molecular weight is 545 g/mol. The largest absolute Gasteiger partial charge is 0.507 e. The van der Waals surface area contributed by atoms with E-state index in [9.17, 15) is 19.8 Å². The van der Waals surface area contributed by atoms with Gasteiger partial charge in [0.1, 0.15) is 11.5 Å². The SMILES string of the molecule is CC(C)(N)CNCc1cc(CCC(N)=O)c2ccccc2c1O.Cc1cc(CCC(N)=O)c2ccccc2c1O. The standard InChI is InChI=1S/C18H25N3O2.C14H15NO2/c1-18(2,20)11-21-10-13-9-12(7-8-16(19)22)14-5-3-4-6-15(14)17(13)23;1-9-8-10(6-7-13(15)16)11-4-2-3-5-12(11)14(9)17/h3-6,9,21,23H,7-8,10-11,20H2,1-2H3,(H2,19,22);2-5,8,17H,6-7H2,1H3,(H2,15,16). The van der Waals surface area contributed by atoms with Crippen LogP contribution in [0.1, 0.15) is 48.9 Å². The summed E-state index contributed by atoms with van der Waals surface area (Å²) in [7, 11) is 0. The quantitative estimate of drug-likeness (QED) is 0.176. The predicted molar refractivity (Wildman–Crippen MR) is 161 cm³/mol. The number of nitrogens with one attached hydrogen (secondary N) is 1. The molecule has 0 aliphatic carbocycles. The van der Waals surface area contributed by atoms with Gasteiger partial charge in [-0.15, -0.1) is 0 Å². The molecule has 0 heterocycles. The molecule has 0 saturated carbocycles. The Labute approximate surface area is 235 Å². The summed E-state index contributed by atoms with van der Waals surface area (Å²) in [6.45, 7) is 6.89. The van der Waals surface area contributed by atoms with Gasteiger partial charge in [-0.05, 0) is 61.1 Å². The van der Waals surface area contributed by atoms with Gasteiger partial charge < -0.3 is 32.7 Å². The van der Waals surface area contributed by atoms with Crippen LogP contribution in [0.4, 0.5) is 0 Å². The number of benzene rings is 4. The van der Waals surface area contributed by atoms with Crippen LogP contribution >= 0.6 is 0 Å². The first-order valence-corrected chi connectivity index (χ1v) is 13.4. The molecule has 0 saturated heterocycles. The highest BCUT2D eigenvalue weighted by Crippen LogP contribution is 2.33. The lowest BCUT2D eigenvalue weighted by molar-refractivity contribution is -0.118. The van der Waals surface area contributed by atoms with Gasteiger partial charge in [0.15, 0.2) is 0 Å². The van der Waals surface area contributed by atoms with Gasteiger partial charge in [-0.2, -0.15) is 0 Å². The van der Waals surface area contributed by atoms with Gasteiger partial charge in [0.05, 0.1) is 0 Å². The Morgan fingerprint density at radius 1 is 0.750 bits per heavy atom. The fourth-order valence-corrected chi connectivity index (χ4v) is 4.67. The Balaban J connectivity index is 0.000000230. The van der Waals surface area contributed by atoms with E-state index in [1.54, 1.807) is 0 Å². The minimum absolute atomic E-state index is 0.269. The first kappa shape index (κ1) is 30.4. The van der Waals surface area contributed by atoms with E-state index < -0.39 is 0 Å². The number of aromatic hydroxyl groups is 2. The molecule has 8 nitrogen and oxygen atoms in total. The number of fused-ring (bicyclic) bond motifs is 2. The molecule has 0 aromatic heterocycles. The van der Waals surface area contributed by atoms with Crippen molar-refractivity contribution < 1.29 is 19.8 Å². The van der Waals surface area contributed by atoms with Crippen molar-refractivity contribution in [2.75, 3.05) is 6.54 Å². The topological polar surface area (TPSA) is 165 Å². The molecule has 9 N–H and O–H groups in total. The molecule has 0 spiro atoms. The van der Waals surface area contributed by atoms with E-state index >= 15 is 0 Å². The van der Waals surface area contributed by atoms with Crippen molar-refractivity contribution >= 4 is 33.4 Å². The summed E-state index contributed by atoms with van der Waals surface area (Å²) < 4.78 is 0. The molecule has 212 valence electrons. The van der Waals surface area contributed by atoms with Crippen molar-refractivity contribution in [2.45, 2.75) is 58.5 Å². The van der Waals surface area contributed by atoms with Crippen molar-refractivity contribution in [3.8, 4) is 11.5 Å². The average Bonchev–Trinajstić information content (AvgIpc) is 2.90. The number of rotatable bonds is 10. The van der Waals surface area contributed by atoms with Gasteiger partial charge in [0, 0.05) is 47.8 Å². The van der Waals surface area contributed by atoms with Crippen LogP contribution in [0.25, 0.3) is 21.5 Å². The van der Waals surface area contributed by atoms with Gasteiger partial charge in [0.25, 0.3) is 0 Å². The lowest BCUT2D eigenvalue weighted by Crippen LogP contribution is -2.42. The maximum absolute atomic E-state index is 11.1.